The quantitative estimate of drug-likeness (QED) is 0.875. The Balaban J connectivity index is 2.14. The van der Waals surface area contributed by atoms with Crippen LogP contribution >= 0.6 is 0 Å². The number of aliphatic hydroxyl groups is 1. The van der Waals surface area contributed by atoms with Crippen LogP contribution in [0.5, 0.6) is 0 Å². The molecule has 1 aromatic carbocycles. The van der Waals surface area contributed by atoms with Crippen LogP contribution in [0.15, 0.2) is 30.3 Å². The maximum absolute atomic E-state index is 11.0. The summed E-state index contributed by atoms with van der Waals surface area (Å²) in [7, 11) is 0. The minimum absolute atomic E-state index is 0.117. The fraction of sp³-hybridized carbons (Fsp3) is 0.625. The molecule has 0 amide bonds. The van der Waals surface area contributed by atoms with Crippen molar-refractivity contribution in [3.8, 4) is 0 Å². The molecule has 1 aliphatic heterocycles. The zero-order valence-electron chi connectivity index (χ0n) is 11.9. The summed E-state index contributed by atoms with van der Waals surface area (Å²) in [5.74, 6) is 0.117. The molecule has 0 radical (unpaired) electrons. The van der Waals surface area contributed by atoms with Gasteiger partial charge in [-0.05, 0) is 38.8 Å². The summed E-state index contributed by atoms with van der Waals surface area (Å²) in [4.78, 5) is 0. The van der Waals surface area contributed by atoms with Gasteiger partial charge in [0.05, 0.1) is 17.8 Å². The van der Waals surface area contributed by atoms with Crippen molar-refractivity contribution in [2.24, 2.45) is 11.7 Å². The average molecular weight is 263 g/mol. The molecule has 3 N–H and O–H groups in total. The van der Waals surface area contributed by atoms with E-state index < -0.39 is 5.60 Å². The topological polar surface area (TPSA) is 55.5 Å². The summed E-state index contributed by atoms with van der Waals surface area (Å²) in [5, 5.41) is 11.0. The monoisotopic (exact) mass is 263 g/mol. The molecule has 1 aromatic rings. The highest BCUT2D eigenvalue weighted by Gasteiger charge is 2.45. The Morgan fingerprint density at radius 2 is 2.00 bits per heavy atom. The van der Waals surface area contributed by atoms with Crippen molar-refractivity contribution in [3.05, 3.63) is 35.9 Å². The summed E-state index contributed by atoms with van der Waals surface area (Å²) in [6.07, 6.45) is 2.12. The molecule has 1 saturated heterocycles. The molecule has 2 atom stereocenters. The third-order valence-corrected chi connectivity index (χ3v) is 4.07. The number of rotatable bonds is 4. The molecular formula is C16H25NO2. The standard InChI is InChI=1S/C16H25NO2/c1-15(2)12-16(18,8-9-17)14(11-19-15)10-13-6-4-3-5-7-13/h3-7,14,18H,8-12,17H2,1-2H3. The summed E-state index contributed by atoms with van der Waals surface area (Å²) in [5.41, 5.74) is 5.95. The van der Waals surface area contributed by atoms with Crippen molar-refractivity contribution < 1.29 is 9.84 Å². The van der Waals surface area contributed by atoms with Gasteiger partial charge < -0.3 is 15.6 Å². The Hall–Kier alpha value is -0.900. The Kier molecular flexibility index (Phi) is 4.29. The van der Waals surface area contributed by atoms with E-state index in [0.29, 0.717) is 26.0 Å². The van der Waals surface area contributed by atoms with Crippen LogP contribution < -0.4 is 5.73 Å². The van der Waals surface area contributed by atoms with Gasteiger partial charge in [-0.15, -0.1) is 0 Å². The largest absolute Gasteiger partial charge is 0.389 e. The van der Waals surface area contributed by atoms with Gasteiger partial charge in [-0.2, -0.15) is 0 Å². The molecule has 2 rings (SSSR count). The summed E-state index contributed by atoms with van der Waals surface area (Å²) >= 11 is 0. The van der Waals surface area contributed by atoms with E-state index in [1.807, 2.05) is 32.0 Å². The van der Waals surface area contributed by atoms with E-state index in [9.17, 15) is 5.11 Å². The number of hydrogen-bond acceptors (Lipinski definition) is 3. The van der Waals surface area contributed by atoms with Gasteiger partial charge in [0.1, 0.15) is 0 Å². The van der Waals surface area contributed by atoms with Crippen molar-refractivity contribution in [1.29, 1.82) is 0 Å². The second-order valence-corrected chi connectivity index (χ2v) is 6.28. The Morgan fingerprint density at radius 1 is 1.32 bits per heavy atom. The zero-order valence-corrected chi connectivity index (χ0v) is 11.9. The normalized spacial score (nSPS) is 30.2. The van der Waals surface area contributed by atoms with Crippen LogP contribution in [0.3, 0.4) is 0 Å². The molecule has 0 aromatic heterocycles. The van der Waals surface area contributed by atoms with Gasteiger partial charge in [0.15, 0.2) is 0 Å². The van der Waals surface area contributed by atoms with Crippen LogP contribution in [0.2, 0.25) is 0 Å². The summed E-state index contributed by atoms with van der Waals surface area (Å²) in [6.45, 7) is 5.18. The molecule has 3 nitrogen and oxygen atoms in total. The van der Waals surface area contributed by atoms with Crippen molar-refractivity contribution in [1.82, 2.24) is 0 Å². The number of ether oxygens (including phenoxy) is 1. The Labute approximate surface area is 115 Å². The molecule has 0 bridgehead atoms. The predicted octanol–water partition coefficient (Wildman–Crippen LogP) is 2.12. The van der Waals surface area contributed by atoms with Gasteiger partial charge in [-0.3, -0.25) is 0 Å². The van der Waals surface area contributed by atoms with E-state index in [4.69, 9.17) is 10.5 Å². The van der Waals surface area contributed by atoms with Crippen molar-refractivity contribution in [2.75, 3.05) is 13.2 Å². The zero-order chi connectivity index (χ0) is 13.9. The van der Waals surface area contributed by atoms with E-state index in [2.05, 4.69) is 12.1 Å². The number of benzene rings is 1. The summed E-state index contributed by atoms with van der Waals surface area (Å²) in [6, 6.07) is 10.3. The van der Waals surface area contributed by atoms with E-state index in [1.54, 1.807) is 0 Å². The lowest BCUT2D eigenvalue weighted by atomic mass is 9.73. The van der Waals surface area contributed by atoms with Gasteiger partial charge >= 0.3 is 0 Å². The Bertz CT molecular complexity index is 404. The number of hydrogen-bond donors (Lipinski definition) is 2. The molecule has 106 valence electrons. The van der Waals surface area contributed by atoms with Crippen LogP contribution in [-0.4, -0.2) is 29.5 Å². The van der Waals surface area contributed by atoms with Gasteiger partial charge in [0.2, 0.25) is 0 Å². The lowest BCUT2D eigenvalue weighted by Crippen LogP contribution is -2.54. The third-order valence-electron chi connectivity index (χ3n) is 4.07. The molecule has 2 unspecified atom stereocenters. The van der Waals surface area contributed by atoms with E-state index in [-0.39, 0.29) is 11.5 Å². The average Bonchev–Trinajstić information content (AvgIpc) is 2.34. The van der Waals surface area contributed by atoms with E-state index in [0.717, 1.165) is 6.42 Å². The second-order valence-electron chi connectivity index (χ2n) is 6.28. The lowest BCUT2D eigenvalue weighted by molar-refractivity contribution is -0.181. The smallest absolute Gasteiger partial charge is 0.0740 e. The highest BCUT2D eigenvalue weighted by Crippen LogP contribution is 2.39. The molecule has 0 aliphatic carbocycles. The molecule has 1 aliphatic rings. The number of nitrogens with two attached hydrogens (primary N) is 1. The van der Waals surface area contributed by atoms with Crippen LogP contribution in [0.1, 0.15) is 32.3 Å². The SMILES string of the molecule is CC1(C)CC(O)(CCN)C(Cc2ccccc2)CO1. The first-order valence-electron chi connectivity index (χ1n) is 7.05. The van der Waals surface area contributed by atoms with Gasteiger partial charge in [-0.1, -0.05) is 30.3 Å². The van der Waals surface area contributed by atoms with Gasteiger partial charge in [0, 0.05) is 12.3 Å². The highest BCUT2D eigenvalue weighted by atomic mass is 16.5. The van der Waals surface area contributed by atoms with Gasteiger partial charge in [0.25, 0.3) is 0 Å². The molecular weight excluding hydrogens is 238 g/mol. The van der Waals surface area contributed by atoms with E-state index in [1.165, 1.54) is 5.56 Å². The maximum atomic E-state index is 11.0. The molecule has 0 saturated carbocycles. The fourth-order valence-electron chi connectivity index (χ4n) is 3.10. The fourth-order valence-corrected chi connectivity index (χ4v) is 3.10. The molecule has 19 heavy (non-hydrogen) atoms. The first kappa shape index (κ1) is 14.5. The van der Waals surface area contributed by atoms with E-state index >= 15 is 0 Å². The van der Waals surface area contributed by atoms with Crippen LogP contribution in [0.4, 0.5) is 0 Å². The molecule has 1 fully saturated rings. The summed E-state index contributed by atoms with van der Waals surface area (Å²) < 4.78 is 5.89. The molecule has 3 heteroatoms. The van der Waals surface area contributed by atoms with Crippen molar-refractivity contribution >= 4 is 0 Å². The van der Waals surface area contributed by atoms with Crippen LogP contribution in [-0.2, 0) is 11.2 Å². The van der Waals surface area contributed by atoms with Crippen LogP contribution in [0.25, 0.3) is 0 Å². The van der Waals surface area contributed by atoms with Crippen molar-refractivity contribution in [3.63, 3.8) is 0 Å². The molecule has 0 spiro atoms. The second kappa shape index (κ2) is 5.61. The predicted molar refractivity (Wildman–Crippen MR) is 76.9 cm³/mol. The lowest BCUT2D eigenvalue weighted by Gasteiger charge is -2.47. The Morgan fingerprint density at radius 3 is 2.63 bits per heavy atom. The molecule has 1 heterocycles. The van der Waals surface area contributed by atoms with Crippen LogP contribution in [0, 0.1) is 5.92 Å². The van der Waals surface area contributed by atoms with Crippen molar-refractivity contribution in [2.45, 2.75) is 44.3 Å². The van der Waals surface area contributed by atoms with Gasteiger partial charge in [-0.25, -0.2) is 0 Å². The minimum atomic E-state index is -0.716. The maximum Gasteiger partial charge on any atom is 0.0740 e. The third kappa shape index (κ3) is 3.56. The minimum Gasteiger partial charge on any atom is -0.389 e. The first-order valence-corrected chi connectivity index (χ1v) is 7.05. The first-order chi connectivity index (χ1) is 8.95. The highest BCUT2D eigenvalue weighted by molar-refractivity contribution is 5.16.